The van der Waals surface area contributed by atoms with E-state index in [4.69, 9.17) is 4.52 Å². The maximum absolute atomic E-state index is 12.5. The molecule has 30 heavy (non-hydrogen) atoms. The molecule has 2 unspecified atom stereocenters. The third-order valence-corrected chi connectivity index (χ3v) is 8.24. The van der Waals surface area contributed by atoms with Crippen molar-refractivity contribution in [3.63, 3.8) is 0 Å². The molecule has 0 aromatic heterocycles. The largest absolute Gasteiger partial charge is 0.328 e. The van der Waals surface area contributed by atoms with Crippen molar-refractivity contribution in [3.05, 3.63) is 0 Å². The molecule has 6 nitrogen and oxygen atoms in total. The van der Waals surface area contributed by atoms with Crippen LogP contribution in [0.3, 0.4) is 0 Å². The van der Waals surface area contributed by atoms with Gasteiger partial charge in [0.25, 0.3) is 0 Å². The molecular formula is C22H48NO5PS. The number of rotatable bonds is 22. The Morgan fingerprint density at radius 2 is 1.30 bits per heavy atom. The first-order chi connectivity index (χ1) is 14.3. The molecule has 2 atom stereocenters. The van der Waals surface area contributed by atoms with Crippen molar-refractivity contribution in [2.24, 2.45) is 0 Å². The van der Waals surface area contributed by atoms with Crippen LogP contribution in [0.15, 0.2) is 0 Å². The van der Waals surface area contributed by atoms with Gasteiger partial charge in [-0.1, -0.05) is 97.8 Å². The Labute approximate surface area is 186 Å². The van der Waals surface area contributed by atoms with Gasteiger partial charge in [0, 0.05) is 12.2 Å². The summed E-state index contributed by atoms with van der Waals surface area (Å²) in [5, 5.41) is 0. The SMILES string of the molecule is CCCCCCCCCCS(=O)(=O)NC(CCCCCC)COP(=O)(O)CCCC. The van der Waals surface area contributed by atoms with Crippen molar-refractivity contribution in [1.82, 2.24) is 4.72 Å². The summed E-state index contributed by atoms with van der Waals surface area (Å²) in [6, 6.07) is -0.442. The second kappa shape index (κ2) is 18.6. The van der Waals surface area contributed by atoms with Gasteiger partial charge in [0.05, 0.1) is 12.4 Å². The number of sulfonamides is 1. The topological polar surface area (TPSA) is 92.7 Å². The lowest BCUT2D eigenvalue weighted by Gasteiger charge is -2.21. The zero-order chi connectivity index (χ0) is 22.7. The maximum atomic E-state index is 12.5. The fourth-order valence-electron chi connectivity index (χ4n) is 3.36. The standard InChI is InChI=1S/C22H48NO5PS/c1-4-7-10-12-13-14-15-17-20-30(26,27)23-22(18-16-11-8-5-2)21-28-29(24,25)19-9-6-3/h22-23H,4-21H2,1-3H3,(H,24,25). The Balaban J connectivity index is 4.43. The van der Waals surface area contributed by atoms with E-state index in [2.05, 4.69) is 18.6 Å². The lowest BCUT2D eigenvalue weighted by atomic mass is 10.1. The lowest BCUT2D eigenvalue weighted by Crippen LogP contribution is -2.39. The van der Waals surface area contributed by atoms with Crippen LogP contribution in [0.4, 0.5) is 0 Å². The summed E-state index contributed by atoms with van der Waals surface area (Å²) in [5.74, 6) is 0.111. The van der Waals surface area contributed by atoms with E-state index in [1.807, 2.05) is 6.92 Å². The molecule has 0 heterocycles. The number of hydrogen-bond donors (Lipinski definition) is 2. The highest BCUT2D eigenvalue weighted by Crippen LogP contribution is 2.42. The second-order valence-corrected chi connectivity index (χ2v) is 12.3. The molecule has 0 aromatic rings. The highest BCUT2D eigenvalue weighted by atomic mass is 32.2. The molecule has 0 aromatic carbocycles. The Hall–Kier alpha value is 0.0600. The van der Waals surface area contributed by atoms with Gasteiger partial charge in [-0.25, -0.2) is 13.1 Å². The molecular weight excluding hydrogens is 421 g/mol. The average molecular weight is 470 g/mol. The van der Waals surface area contributed by atoms with Gasteiger partial charge < -0.3 is 9.42 Å². The number of hydrogen-bond acceptors (Lipinski definition) is 4. The van der Waals surface area contributed by atoms with Gasteiger partial charge in [-0.15, -0.1) is 0 Å². The van der Waals surface area contributed by atoms with Gasteiger partial charge in [-0.3, -0.25) is 4.57 Å². The normalized spacial score (nSPS) is 15.2. The molecule has 0 aliphatic rings. The molecule has 8 heteroatoms. The van der Waals surface area contributed by atoms with E-state index in [1.165, 1.54) is 32.1 Å². The summed E-state index contributed by atoms with van der Waals surface area (Å²) < 4.78 is 45.1. The van der Waals surface area contributed by atoms with E-state index in [0.717, 1.165) is 44.9 Å². The Kier molecular flexibility index (Phi) is 18.7. The van der Waals surface area contributed by atoms with Gasteiger partial charge in [-0.05, 0) is 19.3 Å². The van der Waals surface area contributed by atoms with E-state index in [1.54, 1.807) is 0 Å². The second-order valence-electron chi connectivity index (χ2n) is 8.47. The summed E-state index contributed by atoms with van der Waals surface area (Å²) in [6.07, 6.45) is 15.2. The van der Waals surface area contributed by atoms with Crippen LogP contribution in [0, 0.1) is 0 Å². The van der Waals surface area contributed by atoms with Crippen molar-refractivity contribution in [2.45, 2.75) is 123 Å². The summed E-state index contributed by atoms with van der Waals surface area (Å²) >= 11 is 0. The molecule has 0 bridgehead atoms. The van der Waals surface area contributed by atoms with E-state index in [9.17, 15) is 17.9 Å². The Morgan fingerprint density at radius 1 is 0.800 bits per heavy atom. The fourth-order valence-corrected chi connectivity index (χ4v) is 6.02. The minimum Gasteiger partial charge on any atom is -0.324 e. The smallest absolute Gasteiger partial charge is 0.324 e. The molecule has 0 aliphatic heterocycles. The third-order valence-electron chi connectivity index (χ3n) is 5.29. The van der Waals surface area contributed by atoms with Crippen LogP contribution in [0.2, 0.25) is 0 Å². The Bertz CT molecular complexity index is 542. The van der Waals surface area contributed by atoms with Gasteiger partial charge in [-0.2, -0.15) is 0 Å². The lowest BCUT2D eigenvalue weighted by molar-refractivity contribution is 0.229. The van der Waals surface area contributed by atoms with Crippen molar-refractivity contribution in [2.75, 3.05) is 18.5 Å². The predicted octanol–water partition coefficient (Wildman–Crippen LogP) is 6.39. The van der Waals surface area contributed by atoms with Gasteiger partial charge in [0.1, 0.15) is 0 Å². The van der Waals surface area contributed by atoms with E-state index >= 15 is 0 Å². The zero-order valence-corrected chi connectivity index (χ0v) is 21.5. The first kappa shape index (κ1) is 30.1. The molecule has 0 spiro atoms. The molecule has 182 valence electrons. The quantitative estimate of drug-likeness (QED) is 0.142. The highest BCUT2D eigenvalue weighted by molar-refractivity contribution is 7.89. The van der Waals surface area contributed by atoms with Crippen LogP contribution in [-0.2, 0) is 19.1 Å². The maximum Gasteiger partial charge on any atom is 0.328 e. The Morgan fingerprint density at radius 3 is 1.87 bits per heavy atom. The molecule has 2 N–H and O–H groups in total. The minimum atomic E-state index is -3.65. The van der Waals surface area contributed by atoms with Crippen molar-refractivity contribution >= 4 is 17.6 Å². The highest BCUT2D eigenvalue weighted by Gasteiger charge is 2.23. The van der Waals surface area contributed by atoms with E-state index in [-0.39, 0.29) is 18.5 Å². The predicted molar refractivity (Wildman–Crippen MR) is 128 cm³/mol. The van der Waals surface area contributed by atoms with Gasteiger partial charge in [0.15, 0.2) is 0 Å². The zero-order valence-electron chi connectivity index (χ0n) is 19.7. The fraction of sp³-hybridized carbons (Fsp3) is 1.00. The van der Waals surface area contributed by atoms with Crippen LogP contribution >= 0.6 is 7.60 Å². The first-order valence-corrected chi connectivity index (χ1v) is 15.6. The molecule has 0 amide bonds. The molecule has 0 aliphatic carbocycles. The molecule has 0 rings (SSSR count). The van der Waals surface area contributed by atoms with Crippen LogP contribution < -0.4 is 4.72 Å². The van der Waals surface area contributed by atoms with Crippen LogP contribution in [0.1, 0.15) is 117 Å². The van der Waals surface area contributed by atoms with Crippen molar-refractivity contribution < 1.29 is 22.4 Å². The molecule has 0 radical (unpaired) electrons. The summed E-state index contributed by atoms with van der Waals surface area (Å²) in [7, 11) is -7.06. The minimum absolute atomic E-state index is 0.0414. The third kappa shape index (κ3) is 18.8. The molecule has 0 fully saturated rings. The van der Waals surface area contributed by atoms with Crippen LogP contribution in [0.5, 0.6) is 0 Å². The monoisotopic (exact) mass is 469 g/mol. The molecule has 0 saturated heterocycles. The number of nitrogens with one attached hydrogen (secondary N) is 1. The van der Waals surface area contributed by atoms with E-state index < -0.39 is 23.7 Å². The van der Waals surface area contributed by atoms with E-state index in [0.29, 0.717) is 19.3 Å². The summed E-state index contributed by atoms with van der Waals surface area (Å²) in [5.41, 5.74) is 0. The number of unbranched alkanes of at least 4 members (excludes halogenated alkanes) is 11. The van der Waals surface area contributed by atoms with Crippen molar-refractivity contribution in [1.29, 1.82) is 0 Å². The van der Waals surface area contributed by atoms with Gasteiger partial charge >= 0.3 is 7.60 Å². The van der Waals surface area contributed by atoms with Crippen LogP contribution in [0.25, 0.3) is 0 Å². The summed E-state index contributed by atoms with van der Waals surface area (Å²) in [6.45, 7) is 6.24. The average Bonchev–Trinajstić information content (AvgIpc) is 2.69. The first-order valence-electron chi connectivity index (χ1n) is 12.2. The van der Waals surface area contributed by atoms with Gasteiger partial charge in [0.2, 0.25) is 10.0 Å². The van der Waals surface area contributed by atoms with Crippen LogP contribution in [-0.4, -0.2) is 37.9 Å². The molecule has 0 saturated carbocycles. The van der Waals surface area contributed by atoms with Crippen molar-refractivity contribution in [3.8, 4) is 0 Å². The summed E-state index contributed by atoms with van der Waals surface area (Å²) in [4.78, 5) is 9.94.